The Labute approximate surface area is 71.8 Å². The van der Waals surface area contributed by atoms with Crippen molar-refractivity contribution < 1.29 is 4.57 Å². The minimum atomic E-state index is 0.856. The molecule has 0 saturated carbocycles. The predicted octanol–water partition coefficient (Wildman–Crippen LogP) is 2.04. The summed E-state index contributed by atoms with van der Waals surface area (Å²) in [6.07, 6.45) is 9.68. The van der Waals surface area contributed by atoms with Crippen LogP contribution in [0.15, 0.2) is 42.1 Å². The monoisotopic (exact) mass is 165 g/mol. The predicted molar refractivity (Wildman–Crippen MR) is 48.0 cm³/mol. The van der Waals surface area contributed by atoms with Gasteiger partial charge in [-0.2, -0.15) is 0 Å². The number of hydrogen-bond acceptors (Lipinski definition) is 1. The molecule has 0 aliphatic heterocycles. The van der Waals surface area contributed by atoms with Gasteiger partial charge in [0, 0.05) is 12.3 Å². The molecule has 0 aliphatic rings. The summed E-state index contributed by atoms with van der Waals surface area (Å²) in [5.74, 6) is 0. The van der Waals surface area contributed by atoms with Gasteiger partial charge in [-0.25, -0.2) is 4.57 Å². The number of hydrogen-bond donors (Lipinski definition) is 0. The first kappa shape index (κ1) is 8.34. The zero-order valence-electron chi connectivity index (χ0n) is 6.36. The molecule has 0 aromatic carbocycles. The van der Waals surface area contributed by atoms with E-state index in [4.69, 9.17) is 0 Å². The Morgan fingerprint density at radius 3 is 3.09 bits per heavy atom. The van der Waals surface area contributed by atoms with Crippen molar-refractivity contribution in [3.8, 4) is 0 Å². The normalized spacial score (nSPS) is 9.55. The van der Waals surface area contributed by atoms with Crippen LogP contribution in [0, 0.1) is 6.26 Å². The van der Waals surface area contributed by atoms with Gasteiger partial charge < -0.3 is 0 Å². The van der Waals surface area contributed by atoms with Crippen molar-refractivity contribution in [1.29, 1.82) is 0 Å². The third-order valence-electron chi connectivity index (χ3n) is 1.34. The first-order valence-corrected chi connectivity index (χ1v) is 4.37. The second-order valence-electron chi connectivity index (χ2n) is 2.17. The van der Waals surface area contributed by atoms with Crippen molar-refractivity contribution in [2.45, 2.75) is 11.4 Å². The van der Waals surface area contributed by atoms with Gasteiger partial charge in [0.15, 0.2) is 18.9 Å². The summed E-state index contributed by atoms with van der Waals surface area (Å²) in [4.78, 5) is 1.18. The molecule has 0 unspecified atom stereocenters. The van der Waals surface area contributed by atoms with Crippen molar-refractivity contribution in [2.75, 3.05) is 0 Å². The molecule has 1 radical (unpaired) electrons. The van der Waals surface area contributed by atoms with E-state index in [0.29, 0.717) is 0 Å². The van der Waals surface area contributed by atoms with Gasteiger partial charge in [0.2, 0.25) is 0 Å². The molecular formula is C9H11NS+. The SMILES string of the molecule is [CH2]Sc1ccc[n+](CC=C)c1. The van der Waals surface area contributed by atoms with E-state index in [1.807, 2.05) is 24.4 Å². The van der Waals surface area contributed by atoms with Crippen LogP contribution in [0.3, 0.4) is 0 Å². The summed E-state index contributed by atoms with van der Waals surface area (Å²) >= 11 is 1.50. The summed E-state index contributed by atoms with van der Waals surface area (Å²) in [6, 6.07) is 4.05. The Balaban J connectivity index is 2.82. The molecule has 0 aliphatic carbocycles. The zero-order valence-corrected chi connectivity index (χ0v) is 7.18. The van der Waals surface area contributed by atoms with E-state index in [1.165, 1.54) is 16.7 Å². The molecule has 0 amide bonds. The highest BCUT2D eigenvalue weighted by Crippen LogP contribution is 2.11. The maximum absolute atomic E-state index is 3.73. The molecule has 57 valence electrons. The van der Waals surface area contributed by atoms with Crippen LogP contribution in [0.4, 0.5) is 0 Å². The first-order valence-electron chi connectivity index (χ1n) is 3.39. The number of allylic oxidation sites excluding steroid dienone is 1. The van der Waals surface area contributed by atoms with Crippen molar-refractivity contribution in [1.82, 2.24) is 0 Å². The second kappa shape index (κ2) is 4.19. The lowest BCUT2D eigenvalue weighted by molar-refractivity contribution is -0.688. The van der Waals surface area contributed by atoms with Crippen molar-refractivity contribution in [3.63, 3.8) is 0 Å². The third-order valence-corrected chi connectivity index (χ3v) is 1.91. The molecule has 0 spiro atoms. The number of rotatable bonds is 3. The second-order valence-corrected chi connectivity index (χ2v) is 2.93. The number of thioether (sulfide) groups is 1. The van der Waals surface area contributed by atoms with Gasteiger partial charge in [-0.1, -0.05) is 6.58 Å². The van der Waals surface area contributed by atoms with E-state index in [9.17, 15) is 0 Å². The Hall–Kier alpha value is -0.760. The largest absolute Gasteiger partial charge is 0.200 e. The number of aromatic nitrogens is 1. The lowest BCUT2D eigenvalue weighted by Gasteiger charge is -1.93. The minimum Gasteiger partial charge on any atom is -0.200 e. The van der Waals surface area contributed by atoms with Gasteiger partial charge in [0.1, 0.15) is 0 Å². The van der Waals surface area contributed by atoms with Gasteiger partial charge in [-0.05, 0) is 12.1 Å². The van der Waals surface area contributed by atoms with Gasteiger partial charge in [0.25, 0.3) is 0 Å². The number of nitrogens with zero attached hydrogens (tertiary/aromatic N) is 1. The van der Waals surface area contributed by atoms with E-state index in [0.717, 1.165) is 6.54 Å². The molecule has 0 N–H and O–H groups in total. The Kier molecular flexibility index (Phi) is 3.17. The molecule has 1 heterocycles. The van der Waals surface area contributed by atoms with Gasteiger partial charge in [-0.3, -0.25) is 0 Å². The van der Waals surface area contributed by atoms with Gasteiger partial charge in [-0.15, -0.1) is 11.8 Å². The lowest BCUT2D eigenvalue weighted by Crippen LogP contribution is -2.31. The number of pyridine rings is 1. The molecule has 2 heteroatoms. The summed E-state index contributed by atoms with van der Waals surface area (Å²) in [5.41, 5.74) is 0. The van der Waals surface area contributed by atoms with Crippen molar-refractivity contribution in [2.24, 2.45) is 0 Å². The van der Waals surface area contributed by atoms with Crippen LogP contribution in [-0.4, -0.2) is 0 Å². The molecule has 1 rings (SSSR count). The van der Waals surface area contributed by atoms with E-state index >= 15 is 0 Å². The van der Waals surface area contributed by atoms with Crippen molar-refractivity contribution >= 4 is 11.8 Å². The van der Waals surface area contributed by atoms with Crippen LogP contribution in [0.2, 0.25) is 0 Å². The average molecular weight is 165 g/mol. The Bertz CT molecular complexity index is 245. The maximum Gasteiger partial charge on any atom is 0.182 e. The summed E-state index contributed by atoms with van der Waals surface area (Å²) in [7, 11) is 0. The van der Waals surface area contributed by atoms with E-state index in [-0.39, 0.29) is 0 Å². The third kappa shape index (κ3) is 2.39. The molecular weight excluding hydrogens is 154 g/mol. The fraction of sp³-hybridized carbons (Fsp3) is 0.111. The fourth-order valence-electron chi connectivity index (χ4n) is 0.846. The molecule has 0 bridgehead atoms. The highest BCUT2D eigenvalue weighted by molar-refractivity contribution is 8.00. The Morgan fingerprint density at radius 2 is 2.45 bits per heavy atom. The van der Waals surface area contributed by atoms with Crippen LogP contribution in [0.25, 0.3) is 0 Å². The van der Waals surface area contributed by atoms with Crippen LogP contribution in [0.1, 0.15) is 0 Å². The molecule has 0 fully saturated rings. The summed E-state index contributed by atoms with van der Waals surface area (Å²) < 4.78 is 2.07. The smallest absolute Gasteiger partial charge is 0.182 e. The molecule has 0 atom stereocenters. The summed E-state index contributed by atoms with van der Waals surface area (Å²) in [6.45, 7) is 4.52. The quantitative estimate of drug-likeness (QED) is 0.376. The van der Waals surface area contributed by atoms with Gasteiger partial charge in [0.05, 0.1) is 4.90 Å². The highest BCUT2D eigenvalue weighted by Gasteiger charge is 1.97. The molecule has 11 heavy (non-hydrogen) atoms. The molecule has 1 aromatic heterocycles. The van der Waals surface area contributed by atoms with E-state index < -0.39 is 0 Å². The van der Waals surface area contributed by atoms with E-state index in [2.05, 4.69) is 23.6 Å². The van der Waals surface area contributed by atoms with E-state index in [1.54, 1.807) is 0 Å². The van der Waals surface area contributed by atoms with Crippen LogP contribution >= 0.6 is 11.8 Å². The standard InChI is InChI=1S/C9H11NS/c1-3-6-10-7-4-5-9(8-10)11-2/h3-5,7-8H,1-2,6H2/q+1. The van der Waals surface area contributed by atoms with Crippen LogP contribution in [-0.2, 0) is 6.54 Å². The molecule has 1 aromatic rings. The van der Waals surface area contributed by atoms with Gasteiger partial charge >= 0.3 is 0 Å². The van der Waals surface area contributed by atoms with Crippen molar-refractivity contribution in [3.05, 3.63) is 43.4 Å². The summed E-state index contributed by atoms with van der Waals surface area (Å²) in [5, 5.41) is 0. The van der Waals surface area contributed by atoms with Crippen LogP contribution in [0.5, 0.6) is 0 Å². The maximum atomic E-state index is 3.73. The lowest BCUT2D eigenvalue weighted by atomic mass is 10.4. The molecule has 0 saturated heterocycles. The Morgan fingerprint density at radius 1 is 1.64 bits per heavy atom. The topological polar surface area (TPSA) is 3.88 Å². The molecule has 1 nitrogen and oxygen atoms in total. The average Bonchev–Trinajstić information content (AvgIpc) is 2.06. The van der Waals surface area contributed by atoms with Crippen LogP contribution < -0.4 is 4.57 Å². The first-order chi connectivity index (χ1) is 5.36. The zero-order chi connectivity index (χ0) is 8.10. The minimum absolute atomic E-state index is 0.856. The highest BCUT2D eigenvalue weighted by atomic mass is 32.2. The fourth-order valence-corrected chi connectivity index (χ4v) is 1.23.